The number of hydrogen-bond donors (Lipinski definition) is 2. The van der Waals surface area contributed by atoms with Gasteiger partial charge in [-0.15, -0.1) is 11.8 Å². The first-order chi connectivity index (χ1) is 9.61. The zero-order valence-corrected chi connectivity index (χ0v) is 12.1. The van der Waals surface area contributed by atoms with E-state index in [0.29, 0.717) is 16.3 Å². The van der Waals surface area contributed by atoms with Crippen LogP contribution < -0.4 is 5.32 Å². The molecule has 0 aromatic carbocycles. The van der Waals surface area contributed by atoms with Crippen LogP contribution in [-0.4, -0.2) is 28.8 Å². The van der Waals surface area contributed by atoms with Crippen LogP contribution in [0.4, 0.5) is 0 Å². The molecule has 0 unspecified atom stereocenters. The molecule has 0 saturated heterocycles. The maximum Gasteiger partial charge on any atom is 0.254 e. The lowest BCUT2D eigenvalue weighted by Crippen LogP contribution is -2.28. The number of thioether (sulfide) groups is 1. The van der Waals surface area contributed by atoms with Crippen molar-refractivity contribution >= 4 is 17.7 Å². The fourth-order valence-electron chi connectivity index (χ4n) is 1.74. The number of carbonyl (C=O) groups excluding carboxylic acids is 1. The second-order valence-corrected chi connectivity index (χ2v) is 5.03. The molecule has 0 radical (unpaired) electrons. The zero-order valence-electron chi connectivity index (χ0n) is 11.3. The molecule has 6 heteroatoms. The minimum Gasteiger partial charge on any atom is -0.464 e. The quantitative estimate of drug-likeness (QED) is 0.826. The van der Waals surface area contributed by atoms with Gasteiger partial charge in [0.25, 0.3) is 5.91 Å². The van der Waals surface area contributed by atoms with Crippen LogP contribution in [0, 0.1) is 6.92 Å². The summed E-state index contributed by atoms with van der Waals surface area (Å²) in [5.74, 6) is 0.908. The number of aliphatic hydroxyl groups excluding tert-OH is 1. The average Bonchev–Trinajstić information content (AvgIpc) is 2.91. The highest BCUT2D eigenvalue weighted by atomic mass is 32.2. The van der Waals surface area contributed by atoms with Crippen molar-refractivity contribution in [1.82, 2.24) is 10.3 Å². The normalized spacial score (nSPS) is 12.2. The third-order valence-corrected chi connectivity index (χ3v) is 3.47. The average molecular weight is 292 g/mol. The van der Waals surface area contributed by atoms with Gasteiger partial charge in [-0.3, -0.25) is 4.79 Å². The van der Waals surface area contributed by atoms with E-state index in [9.17, 15) is 9.90 Å². The van der Waals surface area contributed by atoms with E-state index >= 15 is 0 Å². The van der Waals surface area contributed by atoms with Gasteiger partial charge in [0.2, 0.25) is 0 Å². The lowest BCUT2D eigenvalue weighted by molar-refractivity contribution is 0.0897. The lowest BCUT2D eigenvalue weighted by atomic mass is 10.2. The second-order valence-electron chi connectivity index (χ2n) is 4.23. The van der Waals surface area contributed by atoms with Gasteiger partial charge in [-0.2, -0.15) is 0 Å². The smallest absolute Gasteiger partial charge is 0.254 e. The molecule has 0 spiro atoms. The van der Waals surface area contributed by atoms with Crippen LogP contribution in [0.2, 0.25) is 0 Å². The Morgan fingerprint density at radius 1 is 1.50 bits per heavy atom. The predicted octanol–water partition coefficient (Wildman–Crippen LogP) is 2.17. The van der Waals surface area contributed by atoms with E-state index in [0.717, 1.165) is 5.76 Å². The first-order valence-corrected chi connectivity index (χ1v) is 7.36. The third kappa shape index (κ3) is 3.40. The number of aryl methyl sites for hydroxylation is 1. The Bertz CT molecular complexity index is 598. The van der Waals surface area contributed by atoms with Crippen LogP contribution in [0.1, 0.15) is 28.0 Å². The summed E-state index contributed by atoms with van der Waals surface area (Å²) in [7, 11) is 0. The van der Waals surface area contributed by atoms with Crippen molar-refractivity contribution in [1.29, 1.82) is 0 Å². The van der Waals surface area contributed by atoms with Crippen LogP contribution in [0.25, 0.3) is 0 Å². The first kappa shape index (κ1) is 14.6. The van der Waals surface area contributed by atoms with E-state index < -0.39 is 6.10 Å². The van der Waals surface area contributed by atoms with Crippen molar-refractivity contribution in [3.63, 3.8) is 0 Å². The van der Waals surface area contributed by atoms with Gasteiger partial charge in [0.05, 0.1) is 12.1 Å². The van der Waals surface area contributed by atoms with Gasteiger partial charge in [0, 0.05) is 6.20 Å². The number of pyridine rings is 1. The fourth-order valence-corrected chi connectivity index (χ4v) is 2.29. The Kier molecular flexibility index (Phi) is 4.81. The van der Waals surface area contributed by atoms with Gasteiger partial charge in [-0.1, -0.05) is 0 Å². The molecule has 0 aliphatic carbocycles. The summed E-state index contributed by atoms with van der Waals surface area (Å²) in [6.45, 7) is 1.89. The van der Waals surface area contributed by atoms with Gasteiger partial charge >= 0.3 is 0 Å². The second kappa shape index (κ2) is 6.58. The van der Waals surface area contributed by atoms with Crippen LogP contribution in [0.5, 0.6) is 0 Å². The molecule has 2 N–H and O–H groups in total. The van der Waals surface area contributed by atoms with Gasteiger partial charge in [0.1, 0.15) is 22.7 Å². The minimum atomic E-state index is -0.859. The summed E-state index contributed by atoms with van der Waals surface area (Å²) in [5, 5.41) is 13.3. The number of amides is 1. The van der Waals surface area contributed by atoms with E-state index in [1.807, 2.05) is 6.26 Å². The summed E-state index contributed by atoms with van der Waals surface area (Å²) >= 11 is 1.40. The van der Waals surface area contributed by atoms with Crippen molar-refractivity contribution in [3.05, 3.63) is 47.5 Å². The maximum absolute atomic E-state index is 12.1. The predicted molar refractivity (Wildman–Crippen MR) is 76.8 cm³/mol. The van der Waals surface area contributed by atoms with Gasteiger partial charge in [-0.05, 0) is 37.4 Å². The van der Waals surface area contributed by atoms with Crippen molar-refractivity contribution in [3.8, 4) is 0 Å². The number of rotatable bonds is 5. The summed E-state index contributed by atoms with van der Waals surface area (Å²) in [4.78, 5) is 16.2. The summed E-state index contributed by atoms with van der Waals surface area (Å²) in [6, 6.07) is 6.88. The van der Waals surface area contributed by atoms with Crippen LogP contribution >= 0.6 is 11.8 Å². The molecule has 5 nitrogen and oxygen atoms in total. The topological polar surface area (TPSA) is 75.4 Å². The zero-order chi connectivity index (χ0) is 14.5. The molecule has 2 aromatic rings. The van der Waals surface area contributed by atoms with Crippen molar-refractivity contribution < 1.29 is 14.3 Å². The Labute approximate surface area is 121 Å². The largest absolute Gasteiger partial charge is 0.464 e. The molecule has 1 atom stereocenters. The molecule has 20 heavy (non-hydrogen) atoms. The van der Waals surface area contributed by atoms with Crippen molar-refractivity contribution in [2.24, 2.45) is 0 Å². The Balaban J connectivity index is 1.98. The van der Waals surface area contributed by atoms with Crippen LogP contribution in [0.3, 0.4) is 0 Å². The highest BCUT2D eigenvalue weighted by Crippen LogP contribution is 2.18. The molecule has 0 bridgehead atoms. The number of hydrogen-bond acceptors (Lipinski definition) is 5. The van der Waals surface area contributed by atoms with Crippen molar-refractivity contribution in [2.45, 2.75) is 18.1 Å². The number of nitrogens with zero attached hydrogens (tertiary/aromatic N) is 1. The summed E-state index contributed by atoms with van der Waals surface area (Å²) < 4.78 is 5.31. The first-order valence-electron chi connectivity index (χ1n) is 6.13. The molecule has 0 aliphatic heterocycles. The standard InChI is InChI=1S/C14H16N2O3S/c1-9-5-6-12(19-9)11(17)8-16-13(18)10-4-3-7-15-14(10)20-2/h3-7,11,17H,8H2,1-2H3,(H,16,18)/t11-/m1/s1. The van der Waals surface area contributed by atoms with Gasteiger partial charge in [0.15, 0.2) is 0 Å². The molecular formula is C14H16N2O3S. The van der Waals surface area contributed by atoms with Crippen LogP contribution in [0.15, 0.2) is 39.9 Å². The SMILES string of the molecule is CSc1ncccc1C(=O)NC[C@@H](O)c1ccc(C)o1. The molecule has 2 aromatic heterocycles. The monoisotopic (exact) mass is 292 g/mol. The molecule has 0 aliphatic rings. The minimum absolute atomic E-state index is 0.0918. The molecule has 2 heterocycles. The van der Waals surface area contributed by atoms with Gasteiger partial charge in [-0.25, -0.2) is 4.98 Å². The van der Waals surface area contributed by atoms with E-state index in [4.69, 9.17) is 4.42 Å². The van der Waals surface area contributed by atoms with E-state index in [-0.39, 0.29) is 12.5 Å². The fraction of sp³-hybridized carbons (Fsp3) is 0.286. The molecule has 106 valence electrons. The molecule has 1 amide bonds. The van der Waals surface area contributed by atoms with E-state index in [1.165, 1.54) is 11.8 Å². The van der Waals surface area contributed by atoms with Crippen LogP contribution in [-0.2, 0) is 0 Å². The number of furan rings is 1. The molecule has 0 saturated carbocycles. The maximum atomic E-state index is 12.1. The molecular weight excluding hydrogens is 276 g/mol. The number of nitrogens with one attached hydrogen (secondary N) is 1. The Hall–Kier alpha value is -1.79. The molecule has 0 fully saturated rings. The highest BCUT2D eigenvalue weighted by molar-refractivity contribution is 7.98. The van der Waals surface area contributed by atoms with Gasteiger partial charge < -0.3 is 14.8 Å². The number of carbonyl (C=O) groups is 1. The number of aromatic nitrogens is 1. The number of aliphatic hydroxyl groups is 1. The summed E-state index contributed by atoms with van der Waals surface area (Å²) in [5.41, 5.74) is 0.503. The lowest BCUT2D eigenvalue weighted by Gasteiger charge is -2.11. The highest BCUT2D eigenvalue weighted by Gasteiger charge is 2.15. The third-order valence-electron chi connectivity index (χ3n) is 2.75. The van der Waals surface area contributed by atoms with E-state index in [1.54, 1.807) is 37.4 Å². The molecule has 2 rings (SSSR count). The Morgan fingerprint density at radius 3 is 2.95 bits per heavy atom. The summed E-state index contributed by atoms with van der Waals surface area (Å²) in [6.07, 6.45) is 2.64. The van der Waals surface area contributed by atoms with E-state index in [2.05, 4.69) is 10.3 Å². The Morgan fingerprint density at radius 2 is 2.30 bits per heavy atom. The van der Waals surface area contributed by atoms with Crippen molar-refractivity contribution in [2.75, 3.05) is 12.8 Å².